The topological polar surface area (TPSA) is 0 Å². The van der Waals surface area contributed by atoms with Crippen molar-refractivity contribution in [3.63, 3.8) is 0 Å². The van der Waals surface area contributed by atoms with Gasteiger partial charge in [-0.2, -0.15) is 0 Å². The Kier molecular flexibility index (Phi) is 13.5. The van der Waals surface area contributed by atoms with Crippen molar-refractivity contribution in [1.29, 1.82) is 0 Å². The Bertz CT molecular complexity index is 3340. The summed E-state index contributed by atoms with van der Waals surface area (Å²) in [5, 5.41) is 2.46. The van der Waals surface area contributed by atoms with E-state index in [1.165, 1.54) is 77.6 Å². The molecule has 0 fully saturated rings. The van der Waals surface area contributed by atoms with E-state index in [2.05, 4.69) is 291 Å². The largest absolute Gasteiger partial charge is 0.0622 e. The maximum Gasteiger partial charge on any atom is -0.00258 e. The molecule has 10 aromatic rings. The van der Waals surface area contributed by atoms with Gasteiger partial charge in [0.2, 0.25) is 0 Å². The van der Waals surface area contributed by atoms with Crippen molar-refractivity contribution in [1.82, 2.24) is 0 Å². The average molecular weight is 869 g/mol. The minimum Gasteiger partial charge on any atom is -0.0622 e. The van der Waals surface area contributed by atoms with E-state index < -0.39 is 0 Å². The summed E-state index contributed by atoms with van der Waals surface area (Å²) >= 11 is 0. The molecule has 0 saturated carbocycles. The van der Waals surface area contributed by atoms with Gasteiger partial charge in [0.15, 0.2) is 0 Å². The molecule has 0 aliphatic rings. The molecule has 0 atom stereocenters. The van der Waals surface area contributed by atoms with Crippen LogP contribution in [-0.2, 0) is 12.8 Å². The number of fused-ring (bicyclic) bond motifs is 1. The minimum atomic E-state index is 0.924. The number of benzene rings is 10. The van der Waals surface area contributed by atoms with Gasteiger partial charge in [-0.15, -0.1) is 0 Å². The zero-order valence-electron chi connectivity index (χ0n) is 38.1. The first kappa shape index (κ1) is 43.3. The van der Waals surface area contributed by atoms with Crippen molar-refractivity contribution in [2.45, 2.75) is 12.8 Å². The summed E-state index contributed by atoms with van der Waals surface area (Å²) in [5.41, 5.74) is 19.5. The van der Waals surface area contributed by atoms with Gasteiger partial charge in [-0.05, 0) is 125 Å². The molecule has 0 aromatic heterocycles. The molecule has 0 heterocycles. The van der Waals surface area contributed by atoms with E-state index >= 15 is 0 Å². The minimum absolute atomic E-state index is 0.924. The quantitative estimate of drug-likeness (QED) is 0.0955. The fourth-order valence-electron chi connectivity index (χ4n) is 8.92. The third-order valence-electron chi connectivity index (χ3n) is 12.6. The average Bonchev–Trinajstić information content (AvgIpc) is 3.41. The van der Waals surface area contributed by atoms with Gasteiger partial charge in [0, 0.05) is 0 Å². The summed E-state index contributed by atoms with van der Waals surface area (Å²) in [6, 6.07) is 91.6. The first-order valence-corrected chi connectivity index (χ1v) is 23.6. The van der Waals surface area contributed by atoms with Gasteiger partial charge in [0.05, 0.1) is 0 Å². The maximum absolute atomic E-state index is 2.30. The van der Waals surface area contributed by atoms with Gasteiger partial charge in [-0.25, -0.2) is 0 Å². The van der Waals surface area contributed by atoms with E-state index in [4.69, 9.17) is 0 Å². The summed E-state index contributed by atoms with van der Waals surface area (Å²) in [6.45, 7) is 0. The van der Waals surface area contributed by atoms with Crippen LogP contribution >= 0.6 is 0 Å². The number of hydrogen-bond acceptors (Lipinski definition) is 0. The Hall–Kier alpha value is -8.58. The highest BCUT2D eigenvalue weighted by atomic mass is 14.1. The van der Waals surface area contributed by atoms with E-state index in [0.717, 1.165) is 35.1 Å². The molecule has 0 heteroatoms. The molecule has 0 nitrogen and oxygen atoms in total. The fourth-order valence-corrected chi connectivity index (χ4v) is 8.92. The van der Waals surface area contributed by atoms with Crippen LogP contribution in [-0.4, -0.2) is 0 Å². The molecule has 0 aliphatic heterocycles. The molecule has 68 heavy (non-hydrogen) atoms. The molecule has 0 spiro atoms. The zero-order valence-corrected chi connectivity index (χ0v) is 38.1. The summed E-state index contributed by atoms with van der Waals surface area (Å²) in [5.74, 6) is 0. The second-order valence-corrected chi connectivity index (χ2v) is 17.4. The van der Waals surface area contributed by atoms with Crippen molar-refractivity contribution < 1.29 is 0 Å². The van der Waals surface area contributed by atoms with Gasteiger partial charge < -0.3 is 0 Å². The summed E-state index contributed by atoms with van der Waals surface area (Å²) in [6.07, 6.45) is 15.4. The van der Waals surface area contributed by atoms with E-state index in [0.29, 0.717) is 0 Å². The standard InChI is InChI=1S/C68H52/c1-5-15-53(16-6-1)47-55-34-40-63(41-35-55)67(59-19-9-3-10-20-59)49-57-29-25-51(26-30-57)33-39-62-45-44-61-23-13-14-24-65(61)66(62)46-38-52-27-31-58(32-28-52)50-68(60-21-11-4-12-22-60)64-42-36-56(37-43-64)48-54-17-7-2-8-18-54/h1-46,49-50H,47-48H2. The zero-order chi connectivity index (χ0) is 45.7. The predicted octanol–water partition coefficient (Wildman–Crippen LogP) is 17.5. The van der Waals surface area contributed by atoms with Crippen LogP contribution < -0.4 is 0 Å². The molecule has 0 N–H and O–H groups in total. The summed E-state index contributed by atoms with van der Waals surface area (Å²) in [4.78, 5) is 0. The van der Waals surface area contributed by atoms with Crippen LogP contribution in [0.4, 0.5) is 0 Å². The highest BCUT2D eigenvalue weighted by Crippen LogP contribution is 2.31. The fraction of sp³-hybridized carbons (Fsp3) is 0.0294. The first-order chi connectivity index (χ1) is 33.7. The van der Waals surface area contributed by atoms with Crippen molar-refractivity contribution in [3.05, 3.63) is 333 Å². The predicted molar refractivity (Wildman–Crippen MR) is 293 cm³/mol. The van der Waals surface area contributed by atoms with Crippen molar-refractivity contribution >= 4 is 58.4 Å². The summed E-state index contributed by atoms with van der Waals surface area (Å²) < 4.78 is 0. The van der Waals surface area contributed by atoms with Crippen molar-refractivity contribution in [2.24, 2.45) is 0 Å². The third kappa shape index (κ3) is 10.9. The van der Waals surface area contributed by atoms with Crippen LogP contribution in [0.5, 0.6) is 0 Å². The van der Waals surface area contributed by atoms with E-state index in [9.17, 15) is 0 Å². The van der Waals surface area contributed by atoms with Crippen LogP contribution in [0, 0.1) is 0 Å². The lowest BCUT2D eigenvalue weighted by molar-refractivity contribution is 1.19. The van der Waals surface area contributed by atoms with Gasteiger partial charge in [-0.3, -0.25) is 0 Å². The second-order valence-electron chi connectivity index (χ2n) is 17.4. The molecular weight excluding hydrogens is 817 g/mol. The second kappa shape index (κ2) is 21.2. The first-order valence-electron chi connectivity index (χ1n) is 23.6. The SMILES string of the molecule is C(=Cc1ccc2ccccc2c1C=Cc1ccc(C=C(c2ccccc2)c2ccc(Cc3ccccc3)cc2)cc1)c1ccc(C=C(c2ccccc2)c2ccc(Cc3ccccc3)cc2)cc1. The number of rotatable bonds is 14. The van der Waals surface area contributed by atoms with Crippen molar-refractivity contribution in [2.75, 3.05) is 0 Å². The lowest BCUT2D eigenvalue weighted by atomic mass is 9.93. The van der Waals surface area contributed by atoms with Gasteiger partial charge in [0.1, 0.15) is 0 Å². The van der Waals surface area contributed by atoms with Gasteiger partial charge >= 0.3 is 0 Å². The smallest absolute Gasteiger partial charge is 0.00258 e. The van der Waals surface area contributed by atoms with Crippen LogP contribution in [0.3, 0.4) is 0 Å². The van der Waals surface area contributed by atoms with Crippen LogP contribution in [0.25, 0.3) is 58.4 Å². The Morgan fingerprint density at radius 3 is 1.10 bits per heavy atom. The molecule has 324 valence electrons. The molecule has 10 rings (SSSR count). The Morgan fingerprint density at radius 1 is 0.265 bits per heavy atom. The van der Waals surface area contributed by atoms with Gasteiger partial charge in [0.25, 0.3) is 0 Å². The molecule has 0 unspecified atom stereocenters. The lowest BCUT2D eigenvalue weighted by Crippen LogP contribution is -1.91. The summed E-state index contributed by atoms with van der Waals surface area (Å²) in [7, 11) is 0. The molecular formula is C68H52. The Balaban J connectivity index is 0.880. The number of hydrogen-bond donors (Lipinski definition) is 0. The molecule has 0 bridgehead atoms. The monoisotopic (exact) mass is 868 g/mol. The van der Waals surface area contributed by atoms with Crippen molar-refractivity contribution in [3.8, 4) is 0 Å². The normalized spacial score (nSPS) is 12.0. The maximum atomic E-state index is 2.30. The van der Waals surface area contributed by atoms with E-state index in [-0.39, 0.29) is 0 Å². The molecule has 0 radical (unpaired) electrons. The highest BCUT2D eigenvalue weighted by Gasteiger charge is 2.09. The third-order valence-corrected chi connectivity index (χ3v) is 12.6. The van der Waals surface area contributed by atoms with Crippen LogP contribution in [0.1, 0.15) is 77.9 Å². The molecule has 0 saturated heterocycles. The Labute approximate surface area is 401 Å². The highest BCUT2D eigenvalue weighted by molar-refractivity contribution is 5.98. The molecule has 10 aromatic carbocycles. The van der Waals surface area contributed by atoms with E-state index in [1.54, 1.807) is 0 Å². The van der Waals surface area contributed by atoms with Crippen LogP contribution in [0.15, 0.2) is 255 Å². The van der Waals surface area contributed by atoms with Gasteiger partial charge in [-0.1, -0.05) is 279 Å². The molecule has 0 amide bonds. The van der Waals surface area contributed by atoms with E-state index in [1.807, 2.05) is 0 Å². The van der Waals surface area contributed by atoms with Crippen LogP contribution in [0.2, 0.25) is 0 Å². The molecule has 0 aliphatic carbocycles. The lowest BCUT2D eigenvalue weighted by Gasteiger charge is -2.11. The Morgan fingerprint density at radius 2 is 0.632 bits per heavy atom.